The lowest BCUT2D eigenvalue weighted by atomic mass is 10.1. The molecule has 0 fully saturated rings. The average molecular weight is 331 g/mol. The summed E-state index contributed by atoms with van der Waals surface area (Å²) in [6, 6.07) is 12.7. The summed E-state index contributed by atoms with van der Waals surface area (Å²) in [5.74, 6) is 0.394. The van der Waals surface area contributed by atoms with Crippen LogP contribution < -0.4 is 4.74 Å². The number of halogens is 1. The Morgan fingerprint density at radius 1 is 1.22 bits per heavy atom. The lowest BCUT2D eigenvalue weighted by Gasteiger charge is -2.05. The first-order valence-corrected chi connectivity index (χ1v) is 7.47. The Morgan fingerprint density at radius 3 is 2.87 bits per heavy atom. The van der Waals surface area contributed by atoms with Crippen molar-refractivity contribution < 1.29 is 18.7 Å². The molecule has 23 heavy (non-hydrogen) atoms. The molecule has 0 amide bonds. The molecule has 0 saturated carbocycles. The number of fused-ring (bicyclic) bond motifs is 1. The van der Waals surface area contributed by atoms with Crippen LogP contribution in [0.1, 0.15) is 11.1 Å². The lowest BCUT2D eigenvalue weighted by molar-refractivity contribution is -0.144. The Labute approximate surface area is 138 Å². The maximum atomic E-state index is 12.0. The largest absolute Gasteiger partial charge is 0.497 e. The maximum absolute atomic E-state index is 12.0. The van der Waals surface area contributed by atoms with Crippen LogP contribution in [0.15, 0.2) is 53.1 Å². The van der Waals surface area contributed by atoms with Crippen LogP contribution in [0.5, 0.6) is 5.75 Å². The molecule has 2 aromatic carbocycles. The molecule has 1 heterocycles. The first-order chi connectivity index (χ1) is 11.2. The minimum Gasteiger partial charge on any atom is -0.497 e. The second kappa shape index (κ2) is 6.75. The molecule has 0 aliphatic rings. The standard InChI is InChI=1S/C18H15ClO4/c1-21-15-5-6-16-13(11-22-17(16)9-15)8-18(20)23-10-12-3-2-4-14(19)7-12/h2-7,9,11H,8,10H2,1H3. The molecule has 1 aromatic heterocycles. The van der Waals surface area contributed by atoms with E-state index in [0.717, 1.165) is 16.5 Å². The molecule has 4 nitrogen and oxygen atoms in total. The highest BCUT2D eigenvalue weighted by Crippen LogP contribution is 2.26. The molecule has 3 aromatic rings. The van der Waals surface area contributed by atoms with Crippen LogP contribution >= 0.6 is 11.6 Å². The molecule has 0 saturated heterocycles. The summed E-state index contributed by atoms with van der Waals surface area (Å²) in [5, 5.41) is 1.50. The van der Waals surface area contributed by atoms with E-state index in [1.807, 2.05) is 24.3 Å². The molecule has 0 bridgehead atoms. The number of hydrogen-bond acceptors (Lipinski definition) is 4. The van der Waals surface area contributed by atoms with Gasteiger partial charge in [-0.25, -0.2) is 0 Å². The summed E-state index contributed by atoms with van der Waals surface area (Å²) >= 11 is 5.90. The van der Waals surface area contributed by atoms with Crippen molar-refractivity contribution in [3.63, 3.8) is 0 Å². The highest BCUT2D eigenvalue weighted by Gasteiger charge is 2.12. The number of esters is 1. The van der Waals surface area contributed by atoms with Gasteiger partial charge in [0.25, 0.3) is 0 Å². The number of carbonyl (C=O) groups is 1. The van der Waals surface area contributed by atoms with Gasteiger partial charge in [-0.05, 0) is 29.8 Å². The van der Waals surface area contributed by atoms with Gasteiger partial charge in [-0.3, -0.25) is 4.79 Å². The molecule has 0 N–H and O–H groups in total. The van der Waals surface area contributed by atoms with Crippen molar-refractivity contribution in [3.05, 3.63) is 64.9 Å². The Morgan fingerprint density at radius 2 is 2.09 bits per heavy atom. The molecule has 0 atom stereocenters. The van der Waals surface area contributed by atoms with Crippen LogP contribution in [0.25, 0.3) is 11.0 Å². The summed E-state index contributed by atoms with van der Waals surface area (Å²) in [4.78, 5) is 12.0. The van der Waals surface area contributed by atoms with Crippen molar-refractivity contribution in [2.45, 2.75) is 13.0 Å². The van der Waals surface area contributed by atoms with Crippen molar-refractivity contribution in [1.82, 2.24) is 0 Å². The molecular weight excluding hydrogens is 316 g/mol. The number of ether oxygens (including phenoxy) is 2. The predicted octanol–water partition coefficient (Wildman–Crippen LogP) is 4.38. The van der Waals surface area contributed by atoms with Gasteiger partial charge in [-0.15, -0.1) is 0 Å². The van der Waals surface area contributed by atoms with Crippen molar-refractivity contribution in [1.29, 1.82) is 0 Å². The van der Waals surface area contributed by atoms with Gasteiger partial charge in [0.1, 0.15) is 17.9 Å². The average Bonchev–Trinajstić information content (AvgIpc) is 2.95. The van der Waals surface area contributed by atoms with Gasteiger partial charge in [-0.2, -0.15) is 0 Å². The highest BCUT2D eigenvalue weighted by molar-refractivity contribution is 6.30. The fraction of sp³-hybridized carbons (Fsp3) is 0.167. The van der Waals surface area contributed by atoms with E-state index < -0.39 is 0 Å². The van der Waals surface area contributed by atoms with Gasteiger partial charge in [0.2, 0.25) is 0 Å². The molecular formula is C18H15ClO4. The van der Waals surface area contributed by atoms with E-state index in [4.69, 9.17) is 25.5 Å². The van der Waals surface area contributed by atoms with Crippen LogP contribution in [-0.2, 0) is 22.6 Å². The second-order valence-electron chi connectivity index (χ2n) is 5.09. The van der Waals surface area contributed by atoms with E-state index in [0.29, 0.717) is 16.4 Å². The molecule has 5 heteroatoms. The molecule has 0 radical (unpaired) electrons. The Hall–Kier alpha value is -2.46. The third kappa shape index (κ3) is 3.66. The van der Waals surface area contributed by atoms with Crippen LogP contribution in [0.4, 0.5) is 0 Å². The quantitative estimate of drug-likeness (QED) is 0.651. The summed E-state index contributed by atoms with van der Waals surface area (Å²) in [6.07, 6.45) is 1.73. The van der Waals surface area contributed by atoms with Crippen molar-refractivity contribution in [2.24, 2.45) is 0 Å². The maximum Gasteiger partial charge on any atom is 0.310 e. The number of benzene rings is 2. The van der Waals surface area contributed by atoms with Crippen LogP contribution in [0.3, 0.4) is 0 Å². The smallest absolute Gasteiger partial charge is 0.310 e. The Bertz CT molecular complexity index is 838. The molecule has 0 aliphatic carbocycles. The summed E-state index contributed by atoms with van der Waals surface area (Å²) in [6.45, 7) is 0.197. The molecule has 118 valence electrons. The Balaban J connectivity index is 1.66. The number of carbonyl (C=O) groups excluding carboxylic acids is 1. The van der Waals surface area contributed by atoms with Crippen LogP contribution in [0, 0.1) is 0 Å². The van der Waals surface area contributed by atoms with Gasteiger partial charge in [-0.1, -0.05) is 23.7 Å². The molecule has 0 unspecified atom stereocenters. The highest BCUT2D eigenvalue weighted by atomic mass is 35.5. The third-order valence-electron chi connectivity index (χ3n) is 3.49. The molecule has 0 spiro atoms. The van der Waals surface area contributed by atoms with E-state index in [2.05, 4.69) is 0 Å². The van der Waals surface area contributed by atoms with E-state index >= 15 is 0 Å². The fourth-order valence-corrected chi connectivity index (χ4v) is 2.54. The molecule has 0 aliphatic heterocycles. The molecule has 3 rings (SSSR count). The van der Waals surface area contributed by atoms with Gasteiger partial charge in [0, 0.05) is 22.0 Å². The fourth-order valence-electron chi connectivity index (χ4n) is 2.32. The van der Waals surface area contributed by atoms with Crippen LogP contribution in [0.2, 0.25) is 5.02 Å². The van der Waals surface area contributed by atoms with Crippen molar-refractivity contribution in [3.8, 4) is 5.75 Å². The minimum absolute atomic E-state index is 0.153. The number of hydrogen-bond donors (Lipinski definition) is 0. The topological polar surface area (TPSA) is 48.7 Å². The van der Waals surface area contributed by atoms with Gasteiger partial charge in [0.05, 0.1) is 19.8 Å². The SMILES string of the molecule is COc1ccc2c(CC(=O)OCc3cccc(Cl)c3)coc2c1. The first-order valence-electron chi connectivity index (χ1n) is 7.10. The van der Waals surface area contributed by atoms with E-state index in [9.17, 15) is 4.79 Å². The number of rotatable bonds is 5. The second-order valence-corrected chi connectivity index (χ2v) is 5.53. The predicted molar refractivity (Wildman–Crippen MR) is 87.7 cm³/mol. The summed E-state index contributed by atoms with van der Waals surface area (Å²) < 4.78 is 15.9. The summed E-state index contributed by atoms with van der Waals surface area (Å²) in [7, 11) is 1.60. The van der Waals surface area contributed by atoms with Gasteiger partial charge < -0.3 is 13.9 Å². The van der Waals surface area contributed by atoms with Gasteiger partial charge >= 0.3 is 5.97 Å². The van der Waals surface area contributed by atoms with Crippen molar-refractivity contribution in [2.75, 3.05) is 7.11 Å². The monoisotopic (exact) mass is 330 g/mol. The zero-order valence-corrected chi connectivity index (χ0v) is 13.3. The van der Waals surface area contributed by atoms with Crippen LogP contribution in [-0.4, -0.2) is 13.1 Å². The van der Waals surface area contributed by atoms with E-state index in [1.165, 1.54) is 0 Å². The van der Waals surface area contributed by atoms with Gasteiger partial charge in [0.15, 0.2) is 0 Å². The first kappa shape index (κ1) is 15.4. The number of methoxy groups -OCH3 is 1. The van der Waals surface area contributed by atoms with E-state index in [1.54, 1.807) is 31.6 Å². The third-order valence-corrected chi connectivity index (χ3v) is 3.72. The normalized spacial score (nSPS) is 10.7. The van der Waals surface area contributed by atoms with Crippen molar-refractivity contribution >= 4 is 28.5 Å². The minimum atomic E-state index is -0.316. The summed E-state index contributed by atoms with van der Waals surface area (Å²) in [5.41, 5.74) is 2.33. The van der Waals surface area contributed by atoms with E-state index in [-0.39, 0.29) is 19.0 Å². The zero-order chi connectivity index (χ0) is 16.2. The lowest BCUT2D eigenvalue weighted by Crippen LogP contribution is -2.07. The zero-order valence-electron chi connectivity index (χ0n) is 12.5. The number of furan rings is 1. The Kier molecular flexibility index (Phi) is 4.53.